The largest absolute Gasteiger partial charge is 0.480 e. The number of fused-ring (bicyclic) bond motifs is 1. The van der Waals surface area contributed by atoms with Gasteiger partial charge in [0.1, 0.15) is 24.0 Å². The lowest BCUT2D eigenvalue weighted by molar-refractivity contribution is -0.138. The van der Waals surface area contributed by atoms with Gasteiger partial charge in [-0.1, -0.05) is 12.1 Å². The number of aliphatic carboxylic acids is 1. The second-order valence-electron chi connectivity index (χ2n) is 5.21. The zero-order chi connectivity index (χ0) is 18.8. The molecule has 0 spiro atoms. The summed E-state index contributed by atoms with van der Waals surface area (Å²) >= 11 is 0. The van der Waals surface area contributed by atoms with Crippen LogP contribution in [0.1, 0.15) is 17.3 Å². The van der Waals surface area contributed by atoms with Crippen molar-refractivity contribution in [3.05, 3.63) is 29.8 Å². The number of carbonyl (C=O) groups is 4. The van der Waals surface area contributed by atoms with E-state index in [1.54, 1.807) is 0 Å². The second-order valence-corrected chi connectivity index (χ2v) is 7.04. The van der Waals surface area contributed by atoms with Crippen molar-refractivity contribution in [2.24, 2.45) is 0 Å². The Morgan fingerprint density at radius 1 is 1.24 bits per heavy atom. The van der Waals surface area contributed by atoms with Gasteiger partial charge in [-0.25, -0.2) is 12.7 Å². The Hall–Kier alpha value is -2.95. The van der Waals surface area contributed by atoms with Gasteiger partial charge in [0.05, 0.1) is 5.56 Å². The lowest BCUT2D eigenvalue weighted by Crippen LogP contribution is -2.49. The topological polar surface area (TPSA) is 150 Å². The molecule has 0 radical (unpaired) electrons. The summed E-state index contributed by atoms with van der Waals surface area (Å²) in [6, 6.07) is 4.47. The third kappa shape index (κ3) is 3.76. The molecule has 0 saturated carbocycles. The molecular weight excluding hydrogens is 354 g/mol. The molecule has 0 fully saturated rings. The van der Waals surface area contributed by atoms with Gasteiger partial charge in [-0.15, -0.1) is 0 Å². The van der Waals surface area contributed by atoms with Crippen molar-refractivity contribution >= 4 is 33.7 Å². The Bertz CT molecular complexity index is 850. The van der Waals surface area contributed by atoms with E-state index in [9.17, 15) is 27.6 Å². The second kappa shape index (κ2) is 6.89. The first kappa shape index (κ1) is 18.4. The fourth-order valence-electron chi connectivity index (χ4n) is 2.19. The van der Waals surface area contributed by atoms with E-state index in [1.165, 1.54) is 31.2 Å². The Kier molecular flexibility index (Phi) is 5.07. The number of nitrogens with zero attached hydrogens (tertiary/aromatic N) is 1. The summed E-state index contributed by atoms with van der Waals surface area (Å²) in [5.74, 6) is -3.70. The summed E-state index contributed by atoms with van der Waals surface area (Å²) in [6.07, 6.45) is 0. The molecule has 0 bridgehead atoms. The average molecular weight is 369 g/mol. The van der Waals surface area contributed by atoms with Crippen LogP contribution in [0.25, 0.3) is 0 Å². The average Bonchev–Trinajstić information content (AvgIpc) is 2.74. The number of carboxylic acid groups (broad SMARTS) is 1. The summed E-state index contributed by atoms with van der Waals surface area (Å²) in [6.45, 7) is -0.107. The molecule has 0 saturated heterocycles. The molecule has 0 aliphatic carbocycles. The first-order chi connectivity index (χ1) is 11.6. The van der Waals surface area contributed by atoms with Gasteiger partial charge in [-0.3, -0.25) is 19.2 Å². The smallest absolute Gasteiger partial charge is 0.322 e. The number of amides is 3. The van der Waals surface area contributed by atoms with Crippen LogP contribution in [0.15, 0.2) is 29.2 Å². The summed E-state index contributed by atoms with van der Waals surface area (Å²) in [7, 11) is -4.12. The highest BCUT2D eigenvalue weighted by Crippen LogP contribution is 2.29. The molecule has 2 rings (SSSR count). The van der Waals surface area contributed by atoms with Crippen molar-refractivity contribution in [3.63, 3.8) is 0 Å². The Balaban J connectivity index is 2.03. The summed E-state index contributed by atoms with van der Waals surface area (Å²) in [4.78, 5) is 45.9. The number of nitrogens with one attached hydrogen (secondary N) is 2. The summed E-state index contributed by atoms with van der Waals surface area (Å²) in [5, 5.41) is 12.8. The van der Waals surface area contributed by atoms with E-state index in [0.29, 0.717) is 4.31 Å². The minimum Gasteiger partial charge on any atom is -0.480 e. The molecule has 1 unspecified atom stereocenters. The predicted molar refractivity (Wildman–Crippen MR) is 82.9 cm³/mol. The van der Waals surface area contributed by atoms with Gasteiger partial charge in [-0.05, 0) is 19.1 Å². The normalized spacial score (nSPS) is 16.0. The molecule has 1 aromatic rings. The minimum absolute atomic E-state index is 0.0254. The van der Waals surface area contributed by atoms with Crippen LogP contribution in [-0.4, -0.2) is 60.7 Å². The molecule has 1 aliphatic heterocycles. The highest BCUT2D eigenvalue weighted by molar-refractivity contribution is 7.90. The van der Waals surface area contributed by atoms with Gasteiger partial charge in [0.15, 0.2) is 0 Å². The van der Waals surface area contributed by atoms with Crippen LogP contribution in [0.4, 0.5) is 0 Å². The molecule has 3 N–H and O–H groups in total. The van der Waals surface area contributed by atoms with Crippen LogP contribution in [-0.2, 0) is 24.4 Å². The summed E-state index contributed by atoms with van der Waals surface area (Å²) < 4.78 is 25.0. The van der Waals surface area contributed by atoms with Crippen LogP contribution in [0.2, 0.25) is 0 Å². The molecule has 11 heteroatoms. The number of hydrogen-bond acceptors (Lipinski definition) is 6. The lowest BCUT2D eigenvalue weighted by Gasteiger charge is -2.17. The van der Waals surface area contributed by atoms with E-state index in [2.05, 4.69) is 10.6 Å². The zero-order valence-corrected chi connectivity index (χ0v) is 13.9. The number of rotatable bonds is 6. The van der Waals surface area contributed by atoms with Crippen LogP contribution in [0.5, 0.6) is 0 Å². The van der Waals surface area contributed by atoms with E-state index >= 15 is 0 Å². The maximum Gasteiger partial charge on any atom is 0.322 e. The van der Waals surface area contributed by atoms with Crippen molar-refractivity contribution in [1.82, 2.24) is 14.9 Å². The Morgan fingerprint density at radius 3 is 2.48 bits per heavy atom. The Labute approximate surface area is 142 Å². The van der Waals surface area contributed by atoms with Crippen molar-refractivity contribution in [1.29, 1.82) is 0 Å². The van der Waals surface area contributed by atoms with Crippen molar-refractivity contribution < 1.29 is 32.7 Å². The van der Waals surface area contributed by atoms with Gasteiger partial charge in [0.25, 0.3) is 15.9 Å². The predicted octanol–water partition coefficient (Wildman–Crippen LogP) is -1.46. The molecule has 0 aromatic heterocycles. The number of hydrogen-bond donors (Lipinski definition) is 3. The molecule has 10 nitrogen and oxygen atoms in total. The van der Waals surface area contributed by atoms with Gasteiger partial charge in [-0.2, -0.15) is 0 Å². The number of carbonyl (C=O) groups excluding carboxylic acids is 3. The van der Waals surface area contributed by atoms with Crippen molar-refractivity contribution in [3.8, 4) is 0 Å². The first-order valence-electron chi connectivity index (χ1n) is 7.09. The molecule has 25 heavy (non-hydrogen) atoms. The third-order valence-corrected chi connectivity index (χ3v) is 5.17. The number of benzene rings is 1. The first-order valence-corrected chi connectivity index (χ1v) is 8.53. The van der Waals surface area contributed by atoms with Crippen LogP contribution < -0.4 is 10.6 Å². The maximum absolute atomic E-state index is 12.3. The van der Waals surface area contributed by atoms with E-state index in [1.807, 2.05) is 0 Å². The molecule has 134 valence electrons. The molecule has 1 atom stereocenters. The van der Waals surface area contributed by atoms with Crippen LogP contribution >= 0.6 is 0 Å². The molecule has 1 aromatic carbocycles. The highest BCUT2D eigenvalue weighted by atomic mass is 32.2. The van der Waals surface area contributed by atoms with Gasteiger partial charge >= 0.3 is 5.97 Å². The lowest BCUT2D eigenvalue weighted by atomic mass is 10.2. The molecule has 3 amide bonds. The number of carboxylic acids is 1. The third-order valence-electron chi connectivity index (χ3n) is 3.38. The summed E-state index contributed by atoms with van der Waals surface area (Å²) in [5.41, 5.74) is -0.0254. The standard InChI is InChI=1S/C14H15N3O7S/c1-8(13(21)15-6-12(19)20)16-11(18)7-17-14(22)9-4-2-3-5-10(9)25(17,23)24/h2-5,8H,6-7H2,1H3,(H,15,21)(H,16,18)(H,19,20). The van der Waals surface area contributed by atoms with Gasteiger partial charge in [0, 0.05) is 0 Å². The van der Waals surface area contributed by atoms with Crippen LogP contribution in [0.3, 0.4) is 0 Å². The molecular formula is C14H15N3O7S. The minimum atomic E-state index is -4.12. The fraction of sp³-hybridized carbons (Fsp3) is 0.286. The van der Waals surface area contributed by atoms with E-state index in [4.69, 9.17) is 5.11 Å². The van der Waals surface area contributed by atoms with E-state index in [-0.39, 0.29) is 10.5 Å². The molecule has 1 heterocycles. The van der Waals surface area contributed by atoms with E-state index in [0.717, 1.165) is 0 Å². The van der Waals surface area contributed by atoms with Crippen molar-refractivity contribution in [2.75, 3.05) is 13.1 Å². The van der Waals surface area contributed by atoms with Gasteiger partial charge in [0.2, 0.25) is 11.8 Å². The van der Waals surface area contributed by atoms with Gasteiger partial charge < -0.3 is 15.7 Å². The SMILES string of the molecule is CC(NC(=O)CN1C(=O)c2ccccc2S1(=O)=O)C(=O)NCC(=O)O. The van der Waals surface area contributed by atoms with Crippen molar-refractivity contribution in [2.45, 2.75) is 17.9 Å². The Morgan fingerprint density at radius 2 is 1.88 bits per heavy atom. The monoisotopic (exact) mass is 369 g/mol. The quantitative estimate of drug-likeness (QED) is 0.554. The van der Waals surface area contributed by atoms with E-state index < -0.39 is 52.8 Å². The maximum atomic E-state index is 12.3. The fourth-order valence-corrected chi connectivity index (χ4v) is 3.71. The molecule has 1 aliphatic rings. The highest BCUT2D eigenvalue weighted by Gasteiger charge is 2.41. The van der Waals surface area contributed by atoms with Crippen LogP contribution in [0, 0.1) is 0 Å². The zero-order valence-electron chi connectivity index (χ0n) is 13.1. The number of sulfonamides is 1.